The zero-order valence-corrected chi connectivity index (χ0v) is 14.4. The van der Waals surface area contributed by atoms with Crippen molar-refractivity contribution in [1.82, 2.24) is 9.78 Å². The fourth-order valence-electron chi connectivity index (χ4n) is 2.81. The number of aromatic nitrogens is 2. The maximum absolute atomic E-state index is 12.6. The summed E-state index contributed by atoms with van der Waals surface area (Å²) in [4.78, 5) is 22.8. The summed E-state index contributed by atoms with van der Waals surface area (Å²) >= 11 is 0. The standard InChI is InChI=1S/C18H23N3O3/c1-4-5-6-7-8-17-13(2)19-20(14(17)3)18(22)15-9-11-16(12-10-15)21(23)24/h9-12H,4-8H2,1-3H3. The average molecular weight is 329 g/mol. The van der Waals surface area contributed by atoms with Crippen LogP contribution in [0.4, 0.5) is 5.69 Å². The second-order valence-electron chi connectivity index (χ2n) is 5.98. The van der Waals surface area contributed by atoms with Gasteiger partial charge in [-0.2, -0.15) is 5.10 Å². The Balaban J connectivity index is 2.19. The molecule has 0 N–H and O–H groups in total. The van der Waals surface area contributed by atoms with Gasteiger partial charge in [0, 0.05) is 23.4 Å². The fourth-order valence-corrected chi connectivity index (χ4v) is 2.81. The first kappa shape index (κ1) is 17.8. The van der Waals surface area contributed by atoms with Gasteiger partial charge in [0.05, 0.1) is 10.6 Å². The molecule has 0 fully saturated rings. The molecule has 0 bridgehead atoms. The van der Waals surface area contributed by atoms with E-state index in [1.54, 1.807) is 0 Å². The van der Waals surface area contributed by atoms with Gasteiger partial charge in [-0.25, -0.2) is 4.68 Å². The van der Waals surface area contributed by atoms with Crippen molar-refractivity contribution in [1.29, 1.82) is 0 Å². The molecule has 128 valence electrons. The molecule has 1 heterocycles. The SMILES string of the molecule is CCCCCCc1c(C)nn(C(=O)c2ccc([N+](=O)[O-])cc2)c1C. The number of benzene rings is 1. The summed E-state index contributed by atoms with van der Waals surface area (Å²) in [5.74, 6) is -0.259. The van der Waals surface area contributed by atoms with E-state index in [4.69, 9.17) is 0 Å². The molecule has 0 aliphatic carbocycles. The minimum absolute atomic E-state index is 0.0310. The number of nitro groups is 1. The quantitative estimate of drug-likeness (QED) is 0.433. The Morgan fingerprint density at radius 1 is 1.17 bits per heavy atom. The summed E-state index contributed by atoms with van der Waals surface area (Å²) in [6.45, 7) is 6.00. The normalized spacial score (nSPS) is 10.8. The number of carbonyl (C=O) groups is 1. The van der Waals surface area contributed by atoms with Crippen LogP contribution in [-0.4, -0.2) is 20.6 Å². The van der Waals surface area contributed by atoms with Gasteiger partial charge in [0.2, 0.25) is 0 Å². The number of carbonyl (C=O) groups excluding carboxylic acids is 1. The van der Waals surface area contributed by atoms with Crippen molar-refractivity contribution in [2.75, 3.05) is 0 Å². The lowest BCUT2D eigenvalue weighted by atomic mass is 10.0. The van der Waals surface area contributed by atoms with Crippen molar-refractivity contribution in [3.8, 4) is 0 Å². The minimum atomic E-state index is -0.480. The fraction of sp³-hybridized carbons (Fsp3) is 0.444. The molecule has 0 saturated carbocycles. The molecule has 2 rings (SSSR count). The van der Waals surface area contributed by atoms with Crippen molar-refractivity contribution in [3.05, 3.63) is 56.9 Å². The van der Waals surface area contributed by atoms with Gasteiger partial charge in [0.1, 0.15) is 0 Å². The minimum Gasteiger partial charge on any atom is -0.267 e. The number of non-ortho nitro benzene ring substituents is 1. The molecular weight excluding hydrogens is 306 g/mol. The van der Waals surface area contributed by atoms with E-state index in [1.807, 2.05) is 13.8 Å². The van der Waals surface area contributed by atoms with Crippen molar-refractivity contribution in [2.24, 2.45) is 0 Å². The van der Waals surface area contributed by atoms with E-state index in [0.717, 1.165) is 29.8 Å². The van der Waals surface area contributed by atoms with E-state index in [9.17, 15) is 14.9 Å². The van der Waals surface area contributed by atoms with Crippen LogP contribution in [0.5, 0.6) is 0 Å². The van der Waals surface area contributed by atoms with Crippen molar-refractivity contribution < 1.29 is 9.72 Å². The summed E-state index contributed by atoms with van der Waals surface area (Å²) < 4.78 is 1.41. The third-order valence-corrected chi connectivity index (χ3v) is 4.24. The Hall–Kier alpha value is -2.50. The van der Waals surface area contributed by atoms with Crippen molar-refractivity contribution in [2.45, 2.75) is 52.9 Å². The highest BCUT2D eigenvalue weighted by Crippen LogP contribution is 2.19. The predicted molar refractivity (Wildman–Crippen MR) is 92.4 cm³/mol. The predicted octanol–water partition coefficient (Wildman–Crippen LogP) is 4.22. The van der Waals surface area contributed by atoms with E-state index in [2.05, 4.69) is 12.0 Å². The molecule has 0 unspecified atom stereocenters. The lowest BCUT2D eigenvalue weighted by molar-refractivity contribution is -0.384. The second kappa shape index (κ2) is 7.86. The molecule has 1 aromatic carbocycles. The Labute approximate surface area is 141 Å². The number of aryl methyl sites for hydroxylation is 1. The van der Waals surface area contributed by atoms with Gasteiger partial charge >= 0.3 is 0 Å². The molecule has 2 aromatic rings. The highest BCUT2D eigenvalue weighted by molar-refractivity contribution is 5.96. The molecule has 0 amide bonds. The molecule has 24 heavy (non-hydrogen) atoms. The first-order chi connectivity index (χ1) is 11.5. The number of nitro benzene ring substituents is 1. The number of hydrogen-bond acceptors (Lipinski definition) is 4. The largest absolute Gasteiger partial charge is 0.278 e. The van der Waals surface area contributed by atoms with Crippen LogP contribution in [0.2, 0.25) is 0 Å². The molecular formula is C18H23N3O3. The number of rotatable bonds is 7. The molecule has 1 aromatic heterocycles. The third kappa shape index (κ3) is 3.88. The van der Waals surface area contributed by atoms with Crippen LogP contribution in [0.1, 0.15) is 59.9 Å². The molecule has 6 heteroatoms. The van der Waals surface area contributed by atoms with Gasteiger partial charge < -0.3 is 0 Å². The summed E-state index contributed by atoms with van der Waals surface area (Å²) in [6, 6.07) is 5.62. The van der Waals surface area contributed by atoms with Crippen LogP contribution >= 0.6 is 0 Å². The number of hydrogen-bond donors (Lipinski definition) is 0. The maximum Gasteiger partial charge on any atom is 0.278 e. The zero-order chi connectivity index (χ0) is 17.7. The Morgan fingerprint density at radius 3 is 2.42 bits per heavy atom. The molecule has 0 aliphatic rings. The molecule has 0 spiro atoms. The van der Waals surface area contributed by atoms with Gasteiger partial charge in [-0.3, -0.25) is 14.9 Å². The lowest BCUT2D eigenvalue weighted by Crippen LogP contribution is -2.15. The van der Waals surface area contributed by atoms with Gasteiger partial charge in [-0.1, -0.05) is 26.2 Å². The van der Waals surface area contributed by atoms with Crippen LogP contribution in [0.25, 0.3) is 0 Å². The van der Waals surface area contributed by atoms with Crippen LogP contribution < -0.4 is 0 Å². The van der Waals surface area contributed by atoms with E-state index in [1.165, 1.54) is 48.2 Å². The number of unbranched alkanes of at least 4 members (excludes halogenated alkanes) is 3. The Bertz CT molecular complexity index is 733. The monoisotopic (exact) mass is 329 g/mol. The molecule has 0 saturated heterocycles. The Morgan fingerprint density at radius 2 is 1.83 bits per heavy atom. The van der Waals surface area contributed by atoms with Gasteiger partial charge in [0.15, 0.2) is 0 Å². The van der Waals surface area contributed by atoms with Crippen LogP contribution in [0, 0.1) is 24.0 Å². The average Bonchev–Trinajstić information content (AvgIpc) is 2.86. The van der Waals surface area contributed by atoms with E-state index in [-0.39, 0.29) is 11.6 Å². The van der Waals surface area contributed by atoms with Gasteiger partial charge in [0.25, 0.3) is 11.6 Å². The third-order valence-electron chi connectivity index (χ3n) is 4.24. The summed E-state index contributed by atoms with van der Waals surface area (Å²) in [5, 5.41) is 15.1. The van der Waals surface area contributed by atoms with Crippen molar-refractivity contribution >= 4 is 11.6 Å². The molecule has 0 radical (unpaired) electrons. The van der Waals surface area contributed by atoms with E-state index in [0.29, 0.717) is 5.56 Å². The smallest absolute Gasteiger partial charge is 0.267 e. The van der Waals surface area contributed by atoms with Gasteiger partial charge in [-0.15, -0.1) is 0 Å². The second-order valence-corrected chi connectivity index (χ2v) is 5.98. The van der Waals surface area contributed by atoms with E-state index >= 15 is 0 Å². The first-order valence-electron chi connectivity index (χ1n) is 8.30. The van der Waals surface area contributed by atoms with Gasteiger partial charge in [-0.05, 0) is 44.4 Å². The molecule has 0 aliphatic heterocycles. The molecule has 0 atom stereocenters. The summed E-state index contributed by atoms with van der Waals surface area (Å²) in [6.07, 6.45) is 5.60. The zero-order valence-electron chi connectivity index (χ0n) is 14.4. The molecule has 6 nitrogen and oxygen atoms in total. The number of nitrogens with zero attached hydrogens (tertiary/aromatic N) is 3. The lowest BCUT2D eigenvalue weighted by Gasteiger charge is -2.05. The summed E-state index contributed by atoms with van der Waals surface area (Å²) in [7, 11) is 0. The van der Waals surface area contributed by atoms with E-state index < -0.39 is 4.92 Å². The highest BCUT2D eigenvalue weighted by atomic mass is 16.6. The topological polar surface area (TPSA) is 78.0 Å². The van der Waals surface area contributed by atoms with Crippen LogP contribution in [0.15, 0.2) is 24.3 Å². The Kier molecular flexibility index (Phi) is 5.84. The van der Waals surface area contributed by atoms with Crippen LogP contribution in [-0.2, 0) is 6.42 Å². The first-order valence-corrected chi connectivity index (χ1v) is 8.30. The highest BCUT2D eigenvalue weighted by Gasteiger charge is 2.18. The van der Waals surface area contributed by atoms with Crippen molar-refractivity contribution in [3.63, 3.8) is 0 Å². The summed E-state index contributed by atoms with van der Waals surface area (Å²) in [5.41, 5.74) is 3.22. The van der Waals surface area contributed by atoms with Crippen LogP contribution in [0.3, 0.4) is 0 Å². The maximum atomic E-state index is 12.6.